The van der Waals surface area contributed by atoms with Crippen molar-refractivity contribution in [2.24, 2.45) is 5.92 Å². The van der Waals surface area contributed by atoms with Crippen molar-refractivity contribution in [1.82, 2.24) is 5.32 Å². The molecule has 0 unspecified atom stereocenters. The highest BCUT2D eigenvalue weighted by molar-refractivity contribution is 5.76. The van der Waals surface area contributed by atoms with Crippen LogP contribution in [0.2, 0.25) is 0 Å². The molecule has 0 aliphatic heterocycles. The fourth-order valence-electron chi connectivity index (χ4n) is 1.95. The Morgan fingerprint density at radius 2 is 2.27 bits per heavy atom. The second-order valence-corrected chi connectivity index (χ2v) is 4.07. The molecular formula is C11H19NO3. The predicted molar refractivity (Wildman–Crippen MR) is 57.2 cm³/mol. The summed E-state index contributed by atoms with van der Waals surface area (Å²) in [5.74, 6) is -0.0969. The number of aliphatic hydroxyl groups is 2. The Kier molecular flexibility index (Phi) is 4.78. The van der Waals surface area contributed by atoms with Gasteiger partial charge in [0.25, 0.3) is 0 Å². The lowest BCUT2D eigenvalue weighted by Crippen LogP contribution is -2.33. The van der Waals surface area contributed by atoms with E-state index in [2.05, 4.69) is 11.9 Å². The van der Waals surface area contributed by atoms with E-state index in [0.717, 1.165) is 0 Å². The Bertz CT molecular complexity index is 230. The normalized spacial score (nSPS) is 30.1. The summed E-state index contributed by atoms with van der Waals surface area (Å²) in [6, 6.07) is 0.00876. The first kappa shape index (κ1) is 12.2. The molecular weight excluding hydrogens is 194 g/mol. The third kappa shape index (κ3) is 3.64. The smallest absolute Gasteiger partial charge is 0.220 e. The summed E-state index contributed by atoms with van der Waals surface area (Å²) in [4.78, 5) is 11.4. The van der Waals surface area contributed by atoms with E-state index in [0.29, 0.717) is 25.7 Å². The lowest BCUT2D eigenvalue weighted by atomic mass is 10.1. The number of allylic oxidation sites excluding steroid dienone is 1. The summed E-state index contributed by atoms with van der Waals surface area (Å²) < 4.78 is 0. The Hall–Kier alpha value is -0.870. The summed E-state index contributed by atoms with van der Waals surface area (Å²) in [6.07, 6.45) is 3.55. The monoisotopic (exact) mass is 213 g/mol. The molecule has 86 valence electrons. The Labute approximate surface area is 90.0 Å². The molecule has 0 aromatic carbocycles. The number of hydrogen-bond acceptors (Lipinski definition) is 3. The highest BCUT2D eigenvalue weighted by Gasteiger charge is 2.32. The van der Waals surface area contributed by atoms with Gasteiger partial charge in [-0.15, -0.1) is 6.58 Å². The second kappa shape index (κ2) is 5.88. The zero-order chi connectivity index (χ0) is 11.3. The van der Waals surface area contributed by atoms with E-state index in [1.54, 1.807) is 6.08 Å². The Morgan fingerprint density at radius 3 is 2.80 bits per heavy atom. The highest BCUT2D eigenvalue weighted by atomic mass is 16.3. The van der Waals surface area contributed by atoms with Crippen LogP contribution in [-0.4, -0.2) is 34.9 Å². The van der Waals surface area contributed by atoms with Crippen molar-refractivity contribution >= 4 is 5.91 Å². The molecule has 1 fully saturated rings. The quantitative estimate of drug-likeness (QED) is 0.571. The lowest BCUT2D eigenvalue weighted by molar-refractivity contribution is -0.121. The zero-order valence-electron chi connectivity index (χ0n) is 8.85. The van der Waals surface area contributed by atoms with Crippen LogP contribution in [0.4, 0.5) is 0 Å². The van der Waals surface area contributed by atoms with Gasteiger partial charge in [0.05, 0.1) is 6.10 Å². The van der Waals surface area contributed by atoms with Crippen molar-refractivity contribution in [2.45, 2.75) is 37.8 Å². The summed E-state index contributed by atoms with van der Waals surface area (Å²) >= 11 is 0. The Morgan fingerprint density at radius 1 is 1.53 bits per heavy atom. The molecule has 0 bridgehead atoms. The van der Waals surface area contributed by atoms with Crippen LogP contribution in [0.3, 0.4) is 0 Å². The number of hydrogen-bond donors (Lipinski definition) is 3. The SMILES string of the molecule is C=CCCC(=O)N[C@@H]1C[C@@H](CO)[C@H](O)C1. The van der Waals surface area contributed by atoms with Gasteiger partial charge in [-0.3, -0.25) is 4.79 Å². The molecule has 4 heteroatoms. The largest absolute Gasteiger partial charge is 0.396 e. The first-order chi connectivity index (χ1) is 7.17. The van der Waals surface area contributed by atoms with Crippen molar-refractivity contribution in [1.29, 1.82) is 0 Å². The van der Waals surface area contributed by atoms with E-state index in [1.165, 1.54) is 0 Å². The zero-order valence-corrected chi connectivity index (χ0v) is 8.85. The molecule has 1 saturated carbocycles. The van der Waals surface area contributed by atoms with E-state index >= 15 is 0 Å². The first-order valence-electron chi connectivity index (χ1n) is 5.36. The van der Waals surface area contributed by atoms with Gasteiger partial charge in [-0.05, 0) is 19.3 Å². The number of amides is 1. The van der Waals surface area contributed by atoms with Gasteiger partial charge in [0.15, 0.2) is 0 Å². The number of nitrogens with one attached hydrogen (secondary N) is 1. The molecule has 1 aliphatic carbocycles. The average molecular weight is 213 g/mol. The minimum atomic E-state index is -0.486. The van der Waals surface area contributed by atoms with Gasteiger partial charge in [0, 0.05) is 25.0 Å². The topological polar surface area (TPSA) is 69.6 Å². The van der Waals surface area contributed by atoms with Gasteiger partial charge in [-0.1, -0.05) is 6.08 Å². The molecule has 1 rings (SSSR count). The molecule has 0 spiro atoms. The van der Waals surface area contributed by atoms with Gasteiger partial charge < -0.3 is 15.5 Å². The molecule has 0 aromatic rings. The van der Waals surface area contributed by atoms with Gasteiger partial charge in [0.1, 0.15) is 0 Å². The molecule has 0 saturated heterocycles. The van der Waals surface area contributed by atoms with Gasteiger partial charge in [-0.2, -0.15) is 0 Å². The fourth-order valence-corrected chi connectivity index (χ4v) is 1.95. The molecule has 0 aromatic heterocycles. The number of rotatable bonds is 5. The third-order valence-electron chi connectivity index (χ3n) is 2.83. The molecule has 15 heavy (non-hydrogen) atoms. The molecule has 3 N–H and O–H groups in total. The number of carbonyl (C=O) groups is 1. The summed E-state index contributed by atoms with van der Waals surface area (Å²) in [5, 5.41) is 21.3. The van der Waals surface area contributed by atoms with Crippen LogP contribution in [0.5, 0.6) is 0 Å². The summed E-state index contributed by atoms with van der Waals surface area (Å²) in [7, 11) is 0. The van der Waals surface area contributed by atoms with Crippen LogP contribution in [0, 0.1) is 5.92 Å². The molecule has 0 heterocycles. The van der Waals surface area contributed by atoms with Crippen molar-refractivity contribution < 1.29 is 15.0 Å². The highest BCUT2D eigenvalue weighted by Crippen LogP contribution is 2.25. The molecule has 0 radical (unpaired) electrons. The molecule has 4 nitrogen and oxygen atoms in total. The maximum Gasteiger partial charge on any atom is 0.220 e. The van der Waals surface area contributed by atoms with Crippen molar-refractivity contribution in [3.63, 3.8) is 0 Å². The van der Waals surface area contributed by atoms with Crippen LogP contribution in [0.25, 0.3) is 0 Å². The summed E-state index contributed by atoms with van der Waals surface area (Å²) in [5.41, 5.74) is 0. The lowest BCUT2D eigenvalue weighted by Gasteiger charge is -2.11. The summed E-state index contributed by atoms with van der Waals surface area (Å²) in [6.45, 7) is 3.54. The predicted octanol–water partition coefficient (Wildman–Crippen LogP) is 0.201. The van der Waals surface area contributed by atoms with E-state index in [-0.39, 0.29) is 24.5 Å². The van der Waals surface area contributed by atoms with E-state index in [9.17, 15) is 9.90 Å². The molecule has 3 atom stereocenters. The molecule has 1 aliphatic rings. The van der Waals surface area contributed by atoms with Crippen molar-refractivity contribution in [3.8, 4) is 0 Å². The average Bonchev–Trinajstić information content (AvgIpc) is 2.55. The van der Waals surface area contributed by atoms with Crippen LogP contribution in [-0.2, 0) is 4.79 Å². The van der Waals surface area contributed by atoms with Gasteiger partial charge in [-0.25, -0.2) is 0 Å². The van der Waals surface area contributed by atoms with Gasteiger partial charge in [0.2, 0.25) is 5.91 Å². The Balaban J connectivity index is 2.28. The molecule has 1 amide bonds. The van der Waals surface area contributed by atoms with Crippen LogP contribution in [0.1, 0.15) is 25.7 Å². The minimum Gasteiger partial charge on any atom is -0.396 e. The van der Waals surface area contributed by atoms with E-state index in [4.69, 9.17) is 5.11 Å². The minimum absolute atomic E-state index is 0.00862. The third-order valence-corrected chi connectivity index (χ3v) is 2.83. The second-order valence-electron chi connectivity index (χ2n) is 4.07. The number of aliphatic hydroxyl groups excluding tert-OH is 2. The van der Waals surface area contributed by atoms with Gasteiger partial charge >= 0.3 is 0 Å². The van der Waals surface area contributed by atoms with Crippen molar-refractivity contribution in [2.75, 3.05) is 6.61 Å². The van der Waals surface area contributed by atoms with Crippen LogP contribution >= 0.6 is 0 Å². The number of carbonyl (C=O) groups excluding carboxylic acids is 1. The first-order valence-corrected chi connectivity index (χ1v) is 5.36. The maximum atomic E-state index is 11.4. The van der Waals surface area contributed by atoms with E-state index in [1.807, 2.05) is 0 Å². The van der Waals surface area contributed by atoms with Crippen LogP contribution in [0.15, 0.2) is 12.7 Å². The maximum absolute atomic E-state index is 11.4. The standard InChI is InChI=1S/C11H19NO3/c1-2-3-4-11(15)12-9-5-8(7-13)10(14)6-9/h2,8-10,13-14H,1,3-7H2,(H,12,15)/t8-,9+,10+/m0/s1. The van der Waals surface area contributed by atoms with Crippen LogP contribution < -0.4 is 5.32 Å². The van der Waals surface area contributed by atoms with E-state index < -0.39 is 6.10 Å². The van der Waals surface area contributed by atoms with Crippen molar-refractivity contribution in [3.05, 3.63) is 12.7 Å². The fraction of sp³-hybridized carbons (Fsp3) is 0.727.